The summed E-state index contributed by atoms with van der Waals surface area (Å²) in [7, 11) is -0.131. The highest BCUT2D eigenvalue weighted by atomic mass is 28.4. The smallest absolute Gasteiger partial charge is 0.103 e. The molecule has 0 bridgehead atoms. The lowest BCUT2D eigenvalue weighted by Crippen LogP contribution is -2.57. The minimum absolute atomic E-state index is 0.285. The first-order valence-electron chi connectivity index (χ1n) is 4.79. The Kier molecular flexibility index (Phi) is 2.96. The minimum Gasteiger partial charge on any atom is -0.382 e. The molecule has 12 heavy (non-hydrogen) atoms. The number of ether oxygens (including phenoxy) is 1. The van der Waals surface area contributed by atoms with E-state index < -0.39 is 8.07 Å². The number of rotatable bonds is 2. The Morgan fingerprint density at radius 3 is 2.58 bits per heavy atom. The fraction of sp³-hybridized carbons (Fsp3) is 0.778. The van der Waals surface area contributed by atoms with Gasteiger partial charge in [0.25, 0.3) is 0 Å². The van der Waals surface area contributed by atoms with Crippen molar-refractivity contribution in [2.24, 2.45) is 0 Å². The maximum absolute atomic E-state index is 5.97. The van der Waals surface area contributed by atoms with Crippen molar-refractivity contribution in [3.8, 4) is 0 Å². The summed E-state index contributed by atoms with van der Waals surface area (Å²) in [5, 5.41) is 0. The lowest BCUT2D eigenvalue weighted by atomic mass is 10.2. The normalized spacial score (nSPS) is 31.8. The second-order valence-corrected chi connectivity index (χ2v) is 12.0. The molecule has 1 fully saturated rings. The third kappa shape index (κ3) is 1.73. The van der Waals surface area contributed by atoms with Gasteiger partial charge in [0.15, 0.2) is 0 Å². The molecule has 3 heteroatoms. The van der Waals surface area contributed by atoms with Crippen molar-refractivity contribution < 1.29 is 4.74 Å². The van der Waals surface area contributed by atoms with Crippen molar-refractivity contribution in [2.75, 3.05) is 6.61 Å². The van der Waals surface area contributed by atoms with Gasteiger partial charge < -0.3 is 4.74 Å². The maximum atomic E-state index is 5.97. The molecule has 0 saturated carbocycles. The molecule has 1 saturated heterocycles. The molecule has 0 amide bonds. The van der Waals surface area contributed by atoms with Gasteiger partial charge in [-0.2, -0.15) is 0 Å². The van der Waals surface area contributed by atoms with Gasteiger partial charge in [-0.25, -0.2) is 0 Å². The molecule has 70 valence electrons. The van der Waals surface area contributed by atoms with Crippen LogP contribution in [0.3, 0.4) is 0 Å². The fourth-order valence-corrected chi connectivity index (χ4v) is 4.56. The van der Waals surface area contributed by atoms with Crippen LogP contribution in [0, 0.1) is 0 Å². The molecule has 1 aliphatic heterocycles. The summed E-state index contributed by atoms with van der Waals surface area (Å²) in [6.07, 6.45) is 3.89. The van der Waals surface area contributed by atoms with Crippen LogP contribution in [0.1, 0.15) is 19.3 Å². The van der Waals surface area contributed by atoms with Crippen LogP contribution in [0.2, 0.25) is 13.1 Å². The standard InChI is InChI=1S/C9H20OSi2/c1-4-12(2,3)9(11)7-5-6-8-10-9/h4H,1,5-8H2,2-3,11H3. The second kappa shape index (κ2) is 3.48. The third-order valence-electron chi connectivity index (χ3n) is 3.34. The van der Waals surface area contributed by atoms with Gasteiger partial charge >= 0.3 is 0 Å². The largest absolute Gasteiger partial charge is 0.382 e. The Hall–Kier alpha value is 0.134. The predicted molar refractivity (Wildman–Crippen MR) is 60.2 cm³/mol. The van der Waals surface area contributed by atoms with E-state index in [0.29, 0.717) is 0 Å². The van der Waals surface area contributed by atoms with E-state index in [0.717, 1.165) is 6.61 Å². The van der Waals surface area contributed by atoms with Crippen molar-refractivity contribution in [1.82, 2.24) is 0 Å². The minimum atomic E-state index is -1.30. The quantitative estimate of drug-likeness (QED) is 0.609. The summed E-state index contributed by atoms with van der Waals surface area (Å²) in [5.74, 6) is 0. The molecule has 1 atom stereocenters. The fourth-order valence-electron chi connectivity index (χ4n) is 1.66. The van der Waals surface area contributed by atoms with Crippen LogP contribution in [0.25, 0.3) is 0 Å². The lowest BCUT2D eigenvalue weighted by molar-refractivity contribution is 0.0313. The van der Waals surface area contributed by atoms with Crippen molar-refractivity contribution in [2.45, 2.75) is 37.2 Å². The SMILES string of the molecule is C=C[Si](C)(C)C1([SiH3])CCCCO1. The van der Waals surface area contributed by atoms with E-state index >= 15 is 0 Å². The number of hydrogen-bond donors (Lipinski definition) is 0. The Morgan fingerprint density at radius 2 is 2.17 bits per heavy atom. The maximum Gasteiger partial charge on any atom is 0.103 e. The van der Waals surface area contributed by atoms with Gasteiger partial charge in [-0.15, -0.1) is 6.58 Å². The number of hydrogen-bond acceptors (Lipinski definition) is 1. The first-order valence-corrected chi connectivity index (χ1v) is 8.87. The zero-order valence-corrected chi connectivity index (χ0v) is 11.5. The molecule has 1 heterocycles. The summed E-state index contributed by atoms with van der Waals surface area (Å²) in [4.78, 5) is 0.285. The predicted octanol–water partition coefficient (Wildman–Crippen LogP) is 1.22. The summed E-state index contributed by atoms with van der Waals surface area (Å²) in [5.41, 5.74) is 2.19. The molecule has 0 aromatic rings. The molecule has 0 spiro atoms. The van der Waals surface area contributed by atoms with Crippen LogP contribution in [0.5, 0.6) is 0 Å². The van der Waals surface area contributed by atoms with Crippen LogP contribution in [-0.2, 0) is 4.74 Å². The van der Waals surface area contributed by atoms with Crippen LogP contribution in [-0.4, -0.2) is 29.8 Å². The van der Waals surface area contributed by atoms with E-state index in [9.17, 15) is 0 Å². The van der Waals surface area contributed by atoms with Gasteiger partial charge in [0.1, 0.15) is 8.07 Å². The van der Waals surface area contributed by atoms with Crippen molar-refractivity contribution in [3.05, 3.63) is 12.3 Å². The monoisotopic (exact) mass is 200 g/mol. The molecule has 1 unspecified atom stereocenters. The zero-order valence-electron chi connectivity index (χ0n) is 8.52. The topological polar surface area (TPSA) is 9.23 Å². The van der Waals surface area contributed by atoms with Gasteiger partial charge in [-0.05, 0) is 19.3 Å². The van der Waals surface area contributed by atoms with E-state index in [1.807, 2.05) is 0 Å². The highest BCUT2D eigenvalue weighted by Gasteiger charge is 2.42. The Bertz CT molecular complexity index is 171. The van der Waals surface area contributed by atoms with Gasteiger partial charge in [0, 0.05) is 21.7 Å². The zero-order chi connectivity index (χ0) is 9.24. The van der Waals surface area contributed by atoms with E-state index in [1.54, 1.807) is 0 Å². The summed E-state index contributed by atoms with van der Waals surface area (Å²) >= 11 is 0. The van der Waals surface area contributed by atoms with Crippen LogP contribution in [0.4, 0.5) is 0 Å². The van der Waals surface area contributed by atoms with Crippen molar-refractivity contribution in [3.63, 3.8) is 0 Å². The van der Waals surface area contributed by atoms with E-state index in [1.165, 1.54) is 29.5 Å². The molecular formula is C9H20OSi2. The third-order valence-corrected chi connectivity index (χ3v) is 12.1. The average Bonchev–Trinajstić information content (AvgIpc) is 2.06. The molecule has 1 aliphatic rings. The van der Waals surface area contributed by atoms with Gasteiger partial charge in [-0.3, -0.25) is 0 Å². The van der Waals surface area contributed by atoms with Crippen molar-refractivity contribution >= 4 is 18.3 Å². The summed E-state index contributed by atoms with van der Waals surface area (Å²) in [6.45, 7) is 9.68. The van der Waals surface area contributed by atoms with E-state index in [4.69, 9.17) is 4.74 Å². The van der Waals surface area contributed by atoms with Crippen LogP contribution < -0.4 is 0 Å². The van der Waals surface area contributed by atoms with Gasteiger partial charge in [-0.1, -0.05) is 18.8 Å². The molecule has 0 aromatic carbocycles. The average molecular weight is 200 g/mol. The van der Waals surface area contributed by atoms with Gasteiger partial charge in [0.2, 0.25) is 0 Å². The summed E-state index contributed by atoms with van der Waals surface area (Å²) in [6, 6.07) is 0. The molecule has 0 N–H and O–H groups in total. The van der Waals surface area contributed by atoms with Crippen LogP contribution >= 0.6 is 0 Å². The Balaban J connectivity index is 2.74. The molecule has 0 aromatic heterocycles. The van der Waals surface area contributed by atoms with E-state index in [2.05, 4.69) is 25.4 Å². The first-order chi connectivity index (χ1) is 5.52. The highest BCUT2D eigenvalue weighted by molar-refractivity contribution is 6.89. The van der Waals surface area contributed by atoms with Crippen LogP contribution in [0.15, 0.2) is 12.3 Å². The first kappa shape index (κ1) is 10.2. The molecule has 0 aliphatic carbocycles. The Morgan fingerprint density at radius 1 is 1.50 bits per heavy atom. The molecular weight excluding hydrogens is 180 g/mol. The summed E-state index contributed by atoms with van der Waals surface area (Å²) < 4.78 is 5.97. The molecule has 1 rings (SSSR count). The molecule has 0 radical (unpaired) electrons. The second-order valence-electron chi connectivity index (χ2n) is 4.46. The van der Waals surface area contributed by atoms with Crippen molar-refractivity contribution in [1.29, 1.82) is 0 Å². The van der Waals surface area contributed by atoms with E-state index in [-0.39, 0.29) is 4.85 Å². The van der Waals surface area contributed by atoms with Gasteiger partial charge in [0.05, 0.1) is 0 Å². The lowest BCUT2D eigenvalue weighted by Gasteiger charge is -2.43. The Labute approximate surface area is 79.6 Å². The molecule has 1 nitrogen and oxygen atoms in total. The highest BCUT2D eigenvalue weighted by Crippen LogP contribution is 2.31.